The van der Waals surface area contributed by atoms with Crippen molar-refractivity contribution in [3.63, 3.8) is 0 Å². The Morgan fingerprint density at radius 1 is 1.52 bits per heavy atom. The summed E-state index contributed by atoms with van der Waals surface area (Å²) >= 11 is 4.82. The van der Waals surface area contributed by atoms with E-state index in [4.69, 9.17) is 9.26 Å². The van der Waals surface area contributed by atoms with Crippen LogP contribution in [0.5, 0.6) is 0 Å². The summed E-state index contributed by atoms with van der Waals surface area (Å²) < 4.78 is 11.4. The van der Waals surface area contributed by atoms with E-state index in [9.17, 15) is 4.79 Å². The van der Waals surface area contributed by atoms with Crippen LogP contribution in [-0.4, -0.2) is 24.8 Å². The molecule has 7 heteroatoms. The molecule has 0 aromatic carbocycles. The Bertz CT molecular complexity index is 629. The van der Waals surface area contributed by atoms with Crippen LogP contribution in [0.1, 0.15) is 34.2 Å². The third kappa shape index (κ3) is 3.72. The lowest BCUT2D eigenvalue weighted by Gasteiger charge is -2.19. The molecule has 0 aliphatic carbocycles. The second kappa shape index (κ2) is 6.29. The molecule has 0 aliphatic heterocycles. The molecule has 1 amide bonds. The summed E-state index contributed by atoms with van der Waals surface area (Å²) in [6.45, 7) is 6.43. The number of methoxy groups -OCH3 is 1. The van der Waals surface area contributed by atoms with Crippen molar-refractivity contribution < 1.29 is 14.1 Å². The zero-order chi connectivity index (χ0) is 15.6. The standard InChI is InChI=1S/C14H17BrN2O3S/c1-8-9(15)5-10(21-8)13(18)16-12-6-11(20-17-12)14(2,3)7-19-4/h5-6H,7H2,1-4H3,(H,16,17,18). The molecule has 2 rings (SSSR count). The molecule has 0 atom stereocenters. The zero-order valence-corrected chi connectivity index (χ0v) is 14.7. The van der Waals surface area contributed by atoms with Gasteiger partial charge in [-0.15, -0.1) is 11.3 Å². The molecule has 0 spiro atoms. The monoisotopic (exact) mass is 372 g/mol. The third-order valence-electron chi connectivity index (χ3n) is 3.00. The minimum absolute atomic E-state index is 0.196. The van der Waals surface area contributed by atoms with Crippen LogP contribution in [-0.2, 0) is 10.2 Å². The molecule has 114 valence electrons. The van der Waals surface area contributed by atoms with E-state index in [1.165, 1.54) is 11.3 Å². The van der Waals surface area contributed by atoms with Gasteiger partial charge in [-0.1, -0.05) is 19.0 Å². The normalized spacial score (nSPS) is 11.7. The largest absolute Gasteiger partial charge is 0.384 e. The van der Waals surface area contributed by atoms with Crippen LogP contribution >= 0.6 is 27.3 Å². The van der Waals surface area contributed by atoms with Crippen LogP contribution in [0.2, 0.25) is 0 Å². The maximum absolute atomic E-state index is 12.1. The Labute approximate surface area is 135 Å². The predicted molar refractivity (Wildman–Crippen MR) is 86.1 cm³/mol. The fourth-order valence-electron chi connectivity index (χ4n) is 1.83. The Morgan fingerprint density at radius 3 is 2.81 bits per heavy atom. The van der Waals surface area contributed by atoms with Crippen molar-refractivity contribution in [3.05, 3.63) is 32.1 Å². The molecule has 0 aliphatic rings. The van der Waals surface area contributed by atoms with Crippen molar-refractivity contribution in [3.8, 4) is 0 Å². The first-order valence-corrected chi connectivity index (χ1v) is 7.98. The zero-order valence-electron chi connectivity index (χ0n) is 12.3. The van der Waals surface area contributed by atoms with Gasteiger partial charge in [0.15, 0.2) is 5.82 Å². The maximum Gasteiger partial charge on any atom is 0.267 e. The van der Waals surface area contributed by atoms with Crippen LogP contribution in [0.15, 0.2) is 21.1 Å². The minimum Gasteiger partial charge on any atom is -0.384 e. The highest BCUT2D eigenvalue weighted by atomic mass is 79.9. The van der Waals surface area contributed by atoms with Gasteiger partial charge in [0.2, 0.25) is 0 Å². The van der Waals surface area contributed by atoms with E-state index in [2.05, 4.69) is 26.4 Å². The van der Waals surface area contributed by atoms with Crippen molar-refractivity contribution >= 4 is 39.0 Å². The van der Waals surface area contributed by atoms with Gasteiger partial charge in [0.05, 0.1) is 11.5 Å². The Hall–Kier alpha value is -1.18. The number of carbonyl (C=O) groups is 1. The summed E-state index contributed by atoms with van der Waals surface area (Å²) in [4.78, 5) is 13.8. The van der Waals surface area contributed by atoms with Crippen molar-refractivity contribution in [1.82, 2.24) is 5.16 Å². The first kappa shape index (κ1) is 16.2. The number of anilines is 1. The van der Waals surface area contributed by atoms with E-state index in [0.717, 1.165) is 9.35 Å². The van der Waals surface area contributed by atoms with Crippen LogP contribution in [0, 0.1) is 6.92 Å². The number of amides is 1. The Kier molecular flexibility index (Phi) is 4.85. The topological polar surface area (TPSA) is 64.4 Å². The van der Waals surface area contributed by atoms with Gasteiger partial charge in [0, 0.05) is 27.9 Å². The van der Waals surface area contributed by atoms with Crippen molar-refractivity contribution in [1.29, 1.82) is 0 Å². The van der Waals surface area contributed by atoms with Gasteiger partial charge in [-0.25, -0.2) is 0 Å². The van der Waals surface area contributed by atoms with E-state index >= 15 is 0 Å². The first-order valence-electron chi connectivity index (χ1n) is 6.37. The van der Waals surface area contributed by atoms with E-state index < -0.39 is 0 Å². The number of nitrogens with one attached hydrogen (secondary N) is 1. The van der Waals surface area contributed by atoms with Crippen molar-refractivity contribution in [2.45, 2.75) is 26.2 Å². The van der Waals surface area contributed by atoms with E-state index in [-0.39, 0.29) is 11.3 Å². The molecule has 0 fully saturated rings. The lowest BCUT2D eigenvalue weighted by molar-refractivity contribution is 0.102. The SMILES string of the molecule is COCC(C)(C)c1cc(NC(=O)c2cc(Br)c(C)s2)no1. The number of nitrogens with zero attached hydrogens (tertiary/aromatic N) is 1. The van der Waals surface area contributed by atoms with Crippen molar-refractivity contribution in [2.75, 3.05) is 19.0 Å². The Balaban J connectivity index is 2.10. The number of rotatable bonds is 5. The fraction of sp³-hybridized carbons (Fsp3) is 0.429. The lowest BCUT2D eigenvalue weighted by Crippen LogP contribution is -2.22. The van der Waals surface area contributed by atoms with Gasteiger partial charge < -0.3 is 14.6 Å². The molecule has 0 bridgehead atoms. The number of halogens is 1. The number of ether oxygens (including phenoxy) is 1. The number of aryl methyl sites for hydroxylation is 1. The molecule has 1 N–H and O–H groups in total. The highest BCUT2D eigenvalue weighted by molar-refractivity contribution is 9.10. The molecule has 0 unspecified atom stereocenters. The van der Waals surface area contributed by atoms with Gasteiger partial charge in [-0.05, 0) is 28.9 Å². The smallest absolute Gasteiger partial charge is 0.267 e. The number of aromatic nitrogens is 1. The molecule has 5 nitrogen and oxygen atoms in total. The average Bonchev–Trinajstić information content (AvgIpc) is 2.98. The molecule has 2 aromatic heterocycles. The van der Waals surface area contributed by atoms with Crippen LogP contribution < -0.4 is 5.32 Å². The second-order valence-corrected chi connectivity index (χ2v) is 7.47. The molecule has 0 saturated heterocycles. The van der Waals surface area contributed by atoms with Gasteiger partial charge >= 0.3 is 0 Å². The molecular formula is C14H17BrN2O3S. The van der Waals surface area contributed by atoms with Gasteiger partial charge in [-0.2, -0.15) is 0 Å². The predicted octanol–water partition coefficient (Wildman–Crippen LogP) is 3.98. The summed E-state index contributed by atoms with van der Waals surface area (Å²) in [7, 11) is 1.64. The number of hydrogen-bond acceptors (Lipinski definition) is 5. The van der Waals surface area contributed by atoms with Crippen LogP contribution in [0.4, 0.5) is 5.82 Å². The third-order valence-corrected chi connectivity index (χ3v) is 5.14. The minimum atomic E-state index is -0.298. The molecular weight excluding hydrogens is 356 g/mol. The van der Waals surface area contributed by atoms with Crippen LogP contribution in [0.25, 0.3) is 0 Å². The summed E-state index contributed by atoms with van der Waals surface area (Å²) in [6.07, 6.45) is 0. The lowest BCUT2D eigenvalue weighted by atomic mass is 9.91. The van der Waals surface area contributed by atoms with Gasteiger partial charge in [0.25, 0.3) is 5.91 Å². The highest BCUT2D eigenvalue weighted by Gasteiger charge is 2.26. The molecule has 0 radical (unpaired) electrons. The van der Waals surface area contributed by atoms with Gasteiger partial charge in [0.1, 0.15) is 5.76 Å². The van der Waals surface area contributed by atoms with Gasteiger partial charge in [-0.3, -0.25) is 4.79 Å². The van der Waals surface area contributed by atoms with E-state index in [1.54, 1.807) is 19.2 Å². The maximum atomic E-state index is 12.1. The number of hydrogen-bond donors (Lipinski definition) is 1. The number of carbonyl (C=O) groups excluding carboxylic acids is 1. The van der Waals surface area contributed by atoms with E-state index in [0.29, 0.717) is 23.1 Å². The van der Waals surface area contributed by atoms with Crippen molar-refractivity contribution in [2.24, 2.45) is 0 Å². The first-order chi connectivity index (χ1) is 9.83. The highest BCUT2D eigenvalue weighted by Crippen LogP contribution is 2.28. The average molecular weight is 373 g/mol. The summed E-state index contributed by atoms with van der Waals surface area (Å²) in [6, 6.07) is 3.53. The quantitative estimate of drug-likeness (QED) is 0.861. The second-order valence-electron chi connectivity index (χ2n) is 5.36. The fourth-order valence-corrected chi connectivity index (χ4v) is 3.26. The molecule has 21 heavy (non-hydrogen) atoms. The summed E-state index contributed by atoms with van der Waals surface area (Å²) in [5.74, 6) is 0.878. The molecule has 2 heterocycles. The van der Waals surface area contributed by atoms with E-state index in [1.807, 2.05) is 20.8 Å². The molecule has 2 aromatic rings. The Morgan fingerprint density at radius 2 is 2.24 bits per heavy atom. The van der Waals surface area contributed by atoms with Crippen LogP contribution in [0.3, 0.4) is 0 Å². The summed E-state index contributed by atoms with van der Waals surface area (Å²) in [5.41, 5.74) is -0.298. The number of thiophene rings is 1. The molecule has 0 saturated carbocycles. The summed E-state index contributed by atoms with van der Waals surface area (Å²) in [5, 5.41) is 6.63.